The molecule has 3 rings (SSSR count). The summed E-state index contributed by atoms with van der Waals surface area (Å²) in [5, 5.41) is 5.12. The number of aromatic nitrogens is 1. The van der Waals surface area contributed by atoms with Crippen molar-refractivity contribution in [2.75, 3.05) is 30.9 Å². The highest BCUT2D eigenvalue weighted by molar-refractivity contribution is 7.14. The van der Waals surface area contributed by atoms with E-state index in [-0.39, 0.29) is 18.3 Å². The molecule has 0 radical (unpaired) electrons. The Balaban J connectivity index is 1.64. The molecule has 0 fully saturated rings. The number of hydrogen-bond donors (Lipinski definition) is 1. The molecule has 0 saturated carbocycles. The van der Waals surface area contributed by atoms with E-state index in [4.69, 9.17) is 4.74 Å². The zero-order valence-corrected chi connectivity index (χ0v) is 15.2. The summed E-state index contributed by atoms with van der Waals surface area (Å²) in [7, 11) is 3.42. The van der Waals surface area contributed by atoms with E-state index in [9.17, 15) is 9.18 Å². The largest absolute Gasteiger partial charge is 0.495 e. The van der Waals surface area contributed by atoms with E-state index in [1.807, 2.05) is 41.6 Å². The van der Waals surface area contributed by atoms with E-state index >= 15 is 0 Å². The molecule has 1 heterocycles. The lowest BCUT2D eigenvalue weighted by Gasteiger charge is -2.20. The number of ether oxygens (including phenoxy) is 1. The highest BCUT2D eigenvalue weighted by Crippen LogP contribution is 2.27. The number of halogens is 1. The zero-order valence-electron chi connectivity index (χ0n) is 14.4. The maximum Gasteiger partial charge on any atom is 0.245 e. The summed E-state index contributed by atoms with van der Waals surface area (Å²) in [4.78, 5) is 18.5. The molecule has 134 valence electrons. The lowest BCUT2D eigenvalue weighted by Crippen LogP contribution is -2.30. The maximum absolute atomic E-state index is 13.0. The molecule has 26 heavy (non-hydrogen) atoms. The van der Waals surface area contributed by atoms with Gasteiger partial charge in [0, 0.05) is 18.0 Å². The number of benzene rings is 2. The van der Waals surface area contributed by atoms with Gasteiger partial charge in [-0.05, 0) is 36.4 Å². The summed E-state index contributed by atoms with van der Waals surface area (Å²) in [5.74, 6) is 0.228. The average molecular weight is 371 g/mol. The minimum absolute atomic E-state index is 0.159. The Hall–Kier alpha value is -2.93. The van der Waals surface area contributed by atoms with Gasteiger partial charge in [-0.25, -0.2) is 9.37 Å². The van der Waals surface area contributed by atoms with Crippen LogP contribution in [0.1, 0.15) is 0 Å². The first-order chi connectivity index (χ1) is 12.6. The van der Waals surface area contributed by atoms with Gasteiger partial charge in [-0.3, -0.25) is 4.79 Å². The number of amides is 1. The van der Waals surface area contributed by atoms with E-state index in [1.54, 1.807) is 19.2 Å². The molecule has 0 aliphatic heterocycles. The molecule has 1 N–H and O–H groups in total. The van der Waals surface area contributed by atoms with Gasteiger partial charge in [0.05, 0.1) is 25.0 Å². The monoisotopic (exact) mass is 371 g/mol. The predicted octanol–water partition coefficient (Wildman–Crippen LogP) is 4.03. The van der Waals surface area contributed by atoms with Gasteiger partial charge in [0.2, 0.25) is 5.91 Å². The molecule has 0 saturated heterocycles. The second-order valence-corrected chi connectivity index (χ2v) is 6.48. The molecule has 0 aliphatic rings. The van der Waals surface area contributed by atoms with Gasteiger partial charge >= 0.3 is 0 Å². The number of para-hydroxylation sites is 2. The number of hydrogen-bond acceptors (Lipinski definition) is 5. The van der Waals surface area contributed by atoms with Crippen LogP contribution in [0.5, 0.6) is 5.75 Å². The third-order valence-corrected chi connectivity index (χ3v) is 4.53. The van der Waals surface area contributed by atoms with Crippen LogP contribution in [0.3, 0.4) is 0 Å². The highest BCUT2D eigenvalue weighted by Gasteiger charge is 2.13. The fraction of sp³-hybridized carbons (Fsp3) is 0.158. The molecule has 1 amide bonds. The summed E-state index contributed by atoms with van der Waals surface area (Å²) >= 11 is 1.33. The quantitative estimate of drug-likeness (QED) is 0.711. The summed E-state index contributed by atoms with van der Waals surface area (Å²) < 4.78 is 18.3. The van der Waals surface area contributed by atoms with Gasteiger partial charge in [0.25, 0.3) is 0 Å². The molecule has 0 unspecified atom stereocenters. The first kappa shape index (κ1) is 17.9. The van der Waals surface area contributed by atoms with E-state index in [0.717, 1.165) is 11.3 Å². The van der Waals surface area contributed by atoms with Gasteiger partial charge in [0.1, 0.15) is 11.6 Å². The van der Waals surface area contributed by atoms with E-state index in [2.05, 4.69) is 10.3 Å². The average Bonchev–Trinajstić information content (AvgIpc) is 3.10. The SMILES string of the molecule is COc1ccccc1N(C)CC(=O)Nc1nc(-c2ccc(F)cc2)cs1. The topological polar surface area (TPSA) is 54.5 Å². The third-order valence-electron chi connectivity index (χ3n) is 3.77. The van der Waals surface area contributed by atoms with E-state index in [0.29, 0.717) is 16.6 Å². The van der Waals surface area contributed by atoms with Crippen LogP contribution in [0.4, 0.5) is 15.2 Å². The van der Waals surface area contributed by atoms with Crippen LogP contribution in [-0.4, -0.2) is 31.6 Å². The summed E-state index contributed by atoms with van der Waals surface area (Å²) in [6.07, 6.45) is 0. The van der Waals surface area contributed by atoms with Crippen LogP contribution in [0.2, 0.25) is 0 Å². The Morgan fingerprint density at radius 3 is 2.69 bits per heavy atom. The van der Waals surface area contributed by atoms with Gasteiger partial charge < -0.3 is 15.0 Å². The van der Waals surface area contributed by atoms with E-state index in [1.165, 1.54) is 23.5 Å². The van der Waals surface area contributed by atoms with Crippen molar-refractivity contribution in [2.45, 2.75) is 0 Å². The predicted molar refractivity (Wildman–Crippen MR) is 102 cm³/mol. The lowest BCUT2D eigenvalue weighted by molar-refractivity contribution is -0.114. The molecule has 0 spiro atoms. The third kappa shape index (κ3) is 4.18. The van der Waals surface area contributed by atoms with Crippen molar-refractivity contribution in [3.05, 3.63) is 59.7 Å². The number of nitrogens with zero attached hydrogens (tertiary/aromatic N) is 2. The molecule has 0 aliphatic carbocycles. The second kappa shape index (κ2) is 7.97. The molecule has 2 aromatic carbocycles. The molecule has 7 heteroatoms. The molecular formula is C19H18FN3O2S. The molecule has 5 nitrogen and oxygen atoms in total. The second-order valence-electron chi connectivity index (χ2n) is 5.62. The van der Waals surface area contributed by atoms with E-state index < -0.39 is 0 Å². The van der Waals surface area contributed by atoms with Crippen LogP contribution >= 0.6 is 11.3 Å². The van der Waals surface area contributed by atoms with Crippen molar-refractivity contribution in [3.8, 4) is 17.0 Å². The maximum atomic E-state index is 13.0. The fourth-order valence-electron chi connectivity index (χ4n) is 2.49. The van der Waals surface area contributed by atoms with Gasteiger partial charge in [-0.15, -0.1) is 11.3 Å². The van der Waals surface area contributed by atoms with Crippen LogP contribution < -0.4 is 15.0 Å². The normalized spacial score (nSPS) is 10.4. The summed E-state index contributed by atoms with van der Waals surface area (Å²) in [6, 6.07) is 13.6. The molecule has 3 aromatic rings. The zero-order chi connectivity index (χ0) is 18.5. The Morgan fingerprint density at radius 2 is 1.96 bits per heavy atom. The van der Waals surface area contributed by atoms with Crippen molar-refractivity contribution in [2.24, 2.45) is 0 Å². The smallest absolute Gasteiger partial charge is 0.245 e. The number of nitrogens with one attached hydrogen (secondary N) is 1. The Kier molecular flexibility index (Phi) is 5.48. The minimum atomic E-state index is -0.295. The Labute approximate surface area is 155 Å². The van der Waals surface area contributed by atoms with Crippen LogP contribution in [0.25, 0.3) is 11.3 Å². The molecule has 0 bridgehead atoms. The fourth-order valence-corrected chi connectivity index (χ4v) is 3.22. The number of rotatable bonds is 6. The number of thiazole rings is 1. The van der Waals surface area contributed by atoms with Crippen molar-refractivity contribution in [1.29, 1.82) is 0 Å². The standard InChI is InChI=1S/C19H18FN3O2S/c1-23(16-5-3-4-6-17(16)25-2)11-18(24)22-19-21-15(12-26-19)13-7-9-14(20)10-8-13/h3-10,12H,11H2,1-2H3,(H,21,22,24). The molecule has 0 atom stereocenters. The van der Waals surface area contributed by atoms with Crippen molar-refractivity contribution >= 4 is 28.1 Å². The number of anilines is 2. The summed E-state index contributed by atoms with van der Waals surface area (Å²) in [6.45, 7) is 0.159. The van der Waals surface area contributed by atoms with Gasteiger partial charge in [-0.2, -0.15) is 0 Å². The first-order valence-electron chi connectivity index (χ1n) is 7.92. The summed E-state index contributed by atoms with van der Waals surface area (Å²) in [5.41, 5.74) is 2.33. The number of carbonyl (C=O) groups is 1. The highest BCUT2D eigenvalue weighted by atomic mass is 32.1. The molecular weight excluding hydrogens is 353 g/mol. The number of likely N-dealkylation sites (N-methyl/N-ethyl adjacent to an activating group) is 1. The first-order valence-corrected chi connectivity index (χ1v) is 8.80. The Morgan fingerprint density at radius 1 is 1.23 bits per heavy atom. The van der Waals surface area contributed by atoms with Crippen molar-refractivity contribution in [1.82, 2.24) is 4.98 Å². The molecule has 1 aromatic heterocycles. The number of carbonyl (C=O) groups excluding carboxylic acids is 1. The van der Waals surface area contributed by atoms with Crippen LogP contribution in [-0.2, 0) is 4.79 Å². The number of methoxy groups -OCH3 is 1. The minimum Gasteiger partial charge on any atom is -0.495 e. The van der Waals surface area contributed by atoms with Crippen LogP contribution in [0, 0.1) is 5.82 Å². The Bertz CT molecular complexity index is 896. The van der Waals surface area contributed by atoms with Crippen molar-refractivity contribution < 1.29 is 13.9 Å². The van der Waals surface area contributed by atoms with Crippen LogP contribution in [0.15, 0.2) is 53.9 Å². The van der Waals surface area contributed by atoms with Crippen molar-refractivity contribution in [3.63, 3.8) is 0 Å². The van der Waals surface area contributed by atoms with Gasteiger partial charge in [0.15, 0.2) is 5.13 Å². The lowest BCUT2D eigenvalue weighted by atomic mass is 10.2. The van der Waals surface area contributed by atoms with Gasteiger partial charge in [-0.1, -0.05) is 12.1 Å².